The van der Waals surface area contributed by atoms with Crippen LogP contribution in [0.5, 0.6) is 0 Å². The number of nitriles is 1. The maximum atomic E-state index is 8.41. The van der Waals surface area contributed by atoms with Crippen LogP contribution in [0.25, 0.3) is 0 Å². The number of halogens is 1. The van der Waals surface area contributed by atoms with Crippen LogP contribution < -0.4 is 5.32 Å². The van der Waals surface area contributed by atoms with Gasteiger partial charge in [-0.25, -0.2) is 0 Å². The van der Waals surface area contributed by atoms with Gasteiger partial charge in [-0.1, -0.05) is 34.1 Å². The molecule has 0 radical (unpaired) electrons. The summed E-state index contributed by atoms with van der Waals surface area (Å²) in [6, 6.07) is 10.5. The highest BCUT2D eigenvalue weighted by molar-refractivity contribution is 9.10. The second-order valence-electron chi connectivity index (χ2n) is 3.11. The summed E-state index contributed by atoms with van der Waals surface area (Å²) in [6.45, 7) is 2.83. The second kappa shape index (κ2) is 5.79. The zero-order valence-electron chi connectivity index (χ0n) is 8.13. The van der Waals surface area contributed by atoms with E-state index in [1.54, 1.807) is 0 Å². The van der Waals surface area contributed by atoms with Crippen LogP contribution >= 0.6 is 15.9 Å². The molecule has 1 N–H and O–H groups in total. The van der Waals surface area contributed by atoms with Gasteiger partial charge in [0.15, 0.2) is 0 Å². The fourth-order valence-electron chi connectivity index (χ4n) is 1.28. The SMILES string of the molecule is C[C@@H](NCCC#N)c1ccccc1Br. The van der Waals surface area contributed by atoms with Gasteiger partial charge in [0.25, 0.3) is 0 Å². The van der Waals surface area contributed by atoms with Gasteiger partial charge in [-0.05, 0) is 18.6 Å². The topological polar surface area (TPSA) is 35.8 Å². The van der Waals surface area contributed by atoms with Crippen molar-refractivity contribution in [1.82, 2.24) is 5.32 Å². The molecule has 74 valence electrons. The number of hydrogen-bond acceptors (Lipinski definition) is 2. The molecule has 0 bridgehead atoms. The first kappa shape index (κ1) is 11.2. The van der Waals surface area contributed by atoms with Gasteiger partial charge in [0.2, 0.25) is 0 Å². The maximum absolute atomic E-state index is 8.41. The van der Waals surface area contributed by atoms with Crippen molar-refractivity contribution in [2.75, 3.05) is 6.54 Å². The number of nitrogens with one attached hydrogen (secondary N) is 1. The lowest BCUT2D eigenvalue weighted by Crippen LogP contribution is -2.19. The Balaban J connectivity index is 2.57. The molecule has 0 aromatic heterocycles. The normalized spacial score (nSPS) is 12.1. The molecule has 0 amide bonds. The zero-order chi connectivity index (χ0) is 10.4. The predicted molar refractivity (Wildman–Crippen MR) is 60.8 cm³/mol. The molecular weight excluding hydrogens is 240 g/mol. The molecule has 0 heterocycles. The highest BCUT2D eigenvalue weighted by atomic mass is 79.9. The third-order valence-corrected chi connectivity index (χ3v) is 2.78. The first-order valence-electron chi connectivity index (χ1n) is 4.60. The van der Waals surface area contributed by atoms with E-state index < -0.39 is 0 Å². The van der Waals surface area contributed by atoms with E-state index >= 15 is 0 Å². The van der Waals surface area contributed by atoms with Crippen LogP contribution in [0, 0.1) is 11.3 Å². The van der Waals surface area contributed by atoms with E-state index in [1.165, 1.54) is 5.56 Å². The summed E-state index contributed by atoms with van der Waals surface area (Å²) in [4.78, 5) is 0. The van der Waals surface area contributed by atoms with Gasteiger partial charge < -0.3 is 5.32 Å². The summed E-state index contributed by atoms with van der Waals surface area (Å²) in [5.74, 6) is 0. The quantitative estimate of drug-likeness (QED) is 0.837. The molecule has 1 atom stereocenters. The Bertz CT molecular complexity index is 330. The molecule has 1 aromatic rings. The van der Waals surface area contributed by atoms with Gasteiger partial charge in [-0.2, -0.15) is 5.26 Å². The van der Waals surface area contributed by atoms with Gasteiger partial charge in [0.05, 0.1) is 6.07 Å². The van der Waals surface area contributed by atoms with Crippen LogP contribution in [-0.2, 0) is 0 Å². The molecule has 14 heavy (non-hydrogen) atoms. The van der Waals surface area contributed by atoms with Crippen LogP contribution in [0.2, 0.25) is 0 Å². The molecule has 0 spiro atoms. The highest BCUT2D eigenvalue weighted by Crippen LogP contribution is 2.22. The van der Waals surface area contributed by atoms with E-state index in [-0.39, 0.29) is 6.04 Å². The van der Waals surface area contributed by atoms with Gasteiger partial charge >= 0.3 is 0 Å². The summed E-state index contributed by atoms with van der Waals surface area (Å²) in [5, 5.41) is 11.7. The Morgan fingerprint density at radius 3 is 2.86 bits per heavy atom. The molecule has 0 aliphatic heterocycles. The minimum Gasteiger partial charge on any atom is -0.309 e. The minimum absolute atomic E-state index is 0.277. The van der Waals surface area contributed by atoms with Crippen molar-refractivity contribution in [3.8, 4) is 6.07 Å². The largest absolute Gasteiger partial charge is 0.309 e. The van der Waals surface area contributed by atoms with Crippen LogP contribution in [0.1, 0.15) is 24.9 Å². The molecule has 0 fully saturated rings. The Morgan fingerprint density at radius 1 is 1.50 bits per heavy atom. The van der Waals surface area contributed by atoms with Crippen molar-refractivity contribution in [2.45, 2.75) is 19.4 Å². The van der Waals surface area contributed by atoms with E-state index in [9.17, 15) is 0 Å². The van der Waals surface area contributed by atoms with E-state index in [0.717, 1.165) is 11.0 Å². The lowest BCUT2D eigenvalue weighted by atomic mass is 10.1. The Labute approximate surface area is 93.1 Å². The first-order chi connectivity index (χ1) is 6.75. The van der Waals surface area contributed by atoms with Crippen LogP contribution in [-0.4, -0.2) is 6.54 Å². The van der Waals surface area contributed by atoms with Crippen molar-refractivity contribution in [2.24, 2.45) is 0 Å². The lowest BCUT2D eigenvalue weighted by Gasteiger charge is -2.14. The first-order valence-corrected chi connectivity index (χ1v) is 5.39. The second-order valence-corrected chi connectivity index (χ2v) is 3.96. The summed E-state index contributed by atoms with van der Waals surface area (Å²) in [5.41, 5.74) is 1.23. The van der Waals surface area contributed by atoms with E-state index in [2.05, 4.69) is 40.3 Å². The average Bonchev–Trinajstić information content (AvgIpc) is 2.18. The smallest absolute Gasteiger partial charge is 0.0635 e. The molecule has 0 saturated heterocycles. The zero-order valence-corrected chi connectivity index (χ0v) is 9.71. The molecule has 1 aromatic carbocycles. The number of benzene rings is 1. The molecule has 2 nitrogen and oxygen atoms in total. The molecule has 0 unspecified atom stereocenters. The standard InChI is InChI=1S/C11H13BrN2/c1-9(14-8-4-7-13)10-5-2-3-6-11(10)12/h2-3,5-6,9,14H,4,8H2,1H3/t9-/m1/s1. The Hall–Kier alpha value is -0.850. The van der Waals surface area contributed by atoms with E-state index in [0.29, 0.717) is 6.42 Å². The number of nitrogens with zero attached hydrogens (tertiary/aromatic N) is 1. The third kappa shape index (κ3) is 3.13. The summed E-state index contributed by atoms with van der Waals surface area (Å²) >= 11 is 3.50. The Morgan fingerprint density at radius 2 is 2.21 bits per heavy atom. The van der Waals surface area contributed by atoms with Crippen LogP contribution in [0.3, 0.4) is 0 Å². The van der Waals surface area contributed by atoms with Gasteiger partial charge in [-0.15, -0.1) is 0 Å². The van der Waals surface area contributed by atoms with Gasteiger partial charge in [-0.3, -0.25) is 0 Å². The minimum atomic E-state index is 0.277. The van der Waals surface area contributed by atoms with Crippen molar-refractivity contribution in [3.05, 3.63) is 34.3 Å². The lowest BCUT2D eigenvalue weighted by molar-refractivity contribution is 0.581. The average molecular weight is 253 g/mol. The van der Waals surface area contributed by atoms with Crippen molar-refractivity contribution in [1.29, 1.82) is 5.26 Å². The molecule has 3 heteroatoms. The van der Waals surface area contributed by atoms with Crippen molar-refractivity contribution in [3.63, 3.8) is 0 Å². The summed E-state index contributed by atoms with van der Waals surface area (Å²) in [6.07, 6.45) is 0.550. The van der Waals surface area contributed by atoms with E-state index in [1.807, 2.05) is 18.2 Å². The monoisotopic (exact) mass is 252 g/mol. The number of hydrogen-bond donors (Lipinski definition) is 1. The fraction of sp³-hybridized carbons (Fsp3) is 0.364. The van der Waals surface area contributed by atoms with E-state index in [4.69, 9.17) is 5.26 Å². The third-order valence-electron chi connectivity index (χ3n) is 2.06. The summed E-state index contributed by atoms with van der Waals surface area (Å²) in [7, 11) is 0. The summed E-state index contributed by atoms with van der Waals surface area (Å²) < 4.78 is 1.11. The highest BCUT2D eigenvalue weighted by Gasteiger charge is 2.06. The maximum Gasteiger partial charge on any atom is 0.0635 e. The molecule has 0 aliphatic rings. The van der Waals surface area contributed by atoms with Crippen LogP contribution in [0.4, 0.5) is 0 Å². The fourth-order valence-corrected chi connectivity index (χ4v) is 1.91. The molecular formula is C11H13BrN2. The van der Waals surface area contributed by atoms with Gasteiger partial charge in [0.1, 0.15) is 0 Å². The van der Waals surface area contributed by atoms with Crippen LogP contribution in [0.15, 0.2) is 28.7 Å². The molecule has 1 rings (SSSR count). The predicted octanol–water partition coefficient (Wildman–Crippen LogP) is 3.01. The molecule has 0 saturated carbocycles. The van der Waals surface area contributed by atoms with Crippen molar-refractivity contribution >= 4 is 15.9 Å². The van der Waals surface area contributed by atoms with Gasteiger partial charge in [0, 0.05) is 23.5 Å². The number of rotatable bonds is 4. The Kier molecular flexibility index (Phi) is 4.64. The van der Waals surface area contributed by atoms with Crippen molar-refractivity contribution < 1.29 is 0 Å². The molecule has 0 aliphatic carbocycles.